The molecule has 2 aromatic rings. The van der Waals surface area contributed by atoms with Crippen LogP contribution in [-0.2, 0) is 14.8 Å². The van der Waals surface area contributed by atoms with Crippen molar-refractivity contribution < 1.29 is 17.6 Å². The molecule has 0 aliphatic heterocycles. The zero-order valence-electron chi connectivity index (χ0n) is 15.1. The molecule has 0 aliphatic rings. The summed E-state index contributed by atoms with van der Waals surface area (Å²) < 4.78 is 39.2. The maximum Gasteiger partial charge on any atom is 0.248 e. The number of rotatable bonds is 7. The van der Waals surface area contributed by atoms with Crippen LogP contribution in [0.25, 0.3) is 0 Å². The van der Waals surface area contributed by atoms with Crippen LogP contribution in [0.3, 0.4) is 0 Å². The Bertz CT molecular complexity index is 938. The van der Waals surface area contributed by atoms with Crippen LogP contribution in [0.15, 0.2) is 47.4 Å². The topological polar surface area (TPSA) is 66.5 Å². The number of nitrogens with one attached hydrogen (secondary N) is 1. The molecule has 2 rings (SSSR count). The maximum atomic E-state index is 13.5. The van der Waals surface area contributed by atoms with E-state index in [1.165, 1.54) is 23.9 Å². The smallest absolute Gasteiger partial charge is 0.248 e. The number of thioether (sulfide) groups is 1. The Balaban J connectivity index is 2.39. The van der Waals surface area contributed by atoms with Crippen molar-refractivity contribution in [1.82, 2.24) is 0 Å². The number of halogens is 2. The summed E-state index contributed by atoms with van der Waals surface area (Å²) in [7, 11) is -3.82. The van der Waals surface area contributed by atoms with E-state index in [9.17, 15) is 17.6 Å². The van der Waals surface area contributed by atoms with E-state index >= 15 is 0 Å². The molecule has 1 amide bonds. The van der Waals surface area contributed by atoms with Crippen molar-refractivity contribution in [2.75, 3.05) is 22.1 Å². The molecule has 0 bridgehead atoms. The number of hydrogen-bond donors (Lipinski definition) is 1. The van der Waals surface area contributed by atoms with Gasteiger partial charge in [0.1, 0.15) is 11.9 Å². The van der Waals surface area contributed by atoms with Gasteiger partial charge in [-0.15, -0.1) is 11.8 Å². The van der Waals surface area contributed by atoms with Gasteiger partial charge in [-0.3, -0.25) is 9.10 Å². The van der Waals surface area contributed by atoms with Gasteiger partial charge in [-0.05, 0) is 49.1 Å². The van der Waals surface area contributed by atoms with E-state index in [1.807, 2.05) is 12.3 Å². The van der Waals surface area contributed by atoms with E-state index in [-0.39, 0.29) is 17.1 Å². The summed E-state index contributed by atoms with van der Waals surface area (Å²) in [5.74, 6) is -1.15. The number of hydrogen-bond acceptors (Lipinski definition) is 4. The van der Waals surface area contributed by atoms with Gasteiger partial charge >= 0.3 is 0 Å². The van der Waals surface area contributed by atoms with Gasteiger partial charge in [-0.25, -0.2) is 12.8 Å². The molecule has 0 aromatic heterocycles. The van der Waals surface area contributed by atoms with Crippen LogP contribution in [0.4, 0.5) is 15.8 Å². The molecule has 0 unspecified atom stereocenters. The Hall–Kier alpha value is -1.77. The maximum absolute atomic E-state index is 13.5. The molecule has 9 heteroatoms. The molecule has 0 saturated carbocycles. The minimum atomic E-state index is -3.82. The molecular weight excluding hydrogens is 411 g/mol. The fourth-order valence-electron chi connectivity index (χ4n) is 2.61. The molecule has 5 nitrogen and oxygen atoms in total. The van der Waals surface area contributed by atoms with E-state index in [4.69, 9.17) is 11.6 Å². The first-order valence-electron chi connectivity index (χ1n) is 8.06. The quantitative estimate of drug-likeness (QED) is 0.662. The number of anilines is 2. The number of nitrogens with zero attached hydrogens (tertiary/aromatic N) is 1. The molecular formula is C18H20ClFN2O3S2. The molecule has 0 spiro atoms. The fourth-order valence-corrected chi connectivity index (χ4v) is 4.45. The van der Waals surface area contributed by atoms with Crippen molar-refractivity contribution >= 4 is 50.7 Å². The van der Waals surface area contributed by atoms with E-state index in [0.29, 0.717) is 5.69 Å². The minimum absolute atomic E-state index is 0.128. The van der Waals surface area contributed by atoms with Gasteiger partial charge in [0.2, 0.25) is 15.9 Å². The molecule has 27 heavy (non-hydrogen) atoms. The van der Waals surface area contributed by atoms with Gasteiger partial charge in [0.05, 0.1) is 17.0 Å². The highest BCUT2D eigenvalue weighted by Gasteiger charge is 2.32. The van der Waals surface area contributed by atoms with Crippen LogP contribution >= 0.6 is 23.4 Å². The first-order chi connectivity index (χ1) is 12.7. The molecule has 2 aromatic carbocycles. The monoisotopic (exact) mass is 430 g/mol. The molecule has 0 saturated heterocycles. The summed E-state index contributed by atoms with van der Waals surface area (Å²) in [6.45, 7) is 1.70. The highest BCUT2D eigenvalue weighted by Crippen LogP contribution is 2.28. The van der Waals surface area contributed by atoms with Crippen molar-refractivity contribution in [3.63, 3.8) is 0 Å². The fraction of sp³-hybridized carbons (Fsp3) is 0.278. The summed E-state index contributed by atoms with van der Waals surface area (Å²) in [6, 6.07) is 9.77. The number of benzene rings is 2. The molecule has 1 N–H and O–H groups in total. The summed E-state index contributed by atoms with van der Waals surface area (Å²) in [5, 5.41) is 2.53. The number of carbonyl (C=O) groups is 1. The van der Waals surface area contributed by atoms with Gasteiger partial charge in [0.15, 0.2) is 0 Å². The molecule has 146 valence electrons. The average molecular weight is 431 g/mol. The second kappa shape index (κ2) is 8.95. The zero-order chi connectivity index (χ0) is 20.2. The third-order valence-electron chi connectivity index (χ3n) is 3.82. The van der Waals surface area contributed by atoms with Gasteiger partial charge in [0, 0.05) is 10.6 Å². The third kappa shape index (κ3) is 5.37. The van der Waals surface area contributed by atoms with Crippen molar-refractivity contribution in [2.45, 2.75) is 24.3 Å². The Labute approximate surface area is 168 Å². The summed E-state index contributed by atoms with van der Waals surface area (Å²) in [4.78, 5) is 13.8. The average Bonchev–Trinajstić information content (AvgIpc) is 2.61. The van der Waals surface area contributed by atoms with Gasteiger partial charge in [-0.2, -0.15) is 0 Å². The lowest BCUT2D eigenvalue weighted by Gasteiger charge is -2.30. The summed E-state index contributed by atoms with van der Waals surface area (Å²) in [6.07, 6.45) is 3.13. The standard InChI is InChI=1S/C18H20ClFN2O3S2/c1-4-17(18(23)21-12-6-5-7-14(10-12)26-2)22(27(3,24)25)13-8-9-16(20)15(19)11-13/h5-11,17H,4H2,1-3H3,(H,21,23)/t17-/m0/s1. The predicted molar refractivity (Wildman–Crippen MR) is 110 cm³/mol. The highest BCUT2D eigenvalue weighted by atomic mass is 35.5. The molecule has 0 fully saturated rings. The van der Waals surface area contributed by atoms with Gasteiger partial charge < -0.3 is 5.32 Å². The Morgan fingerprint density at radius 3 is 2.56 bits per heavy atom. The Morgan fingerprint density at radius 2 is 2.00 bits per heavy atom. The summed E-state index contributed by atoms with van der Waals surface area (Å²) >= 11 is 7.33. The first kappa shape index (κ1) is 21.5. The van der Waals surface area contributed by atoms with Crippen molar-refractivity contribution in [1.29, 1.82) is 0 Å². The van der Waals surface area contributed by atoms with Crippen LogP contribution in [0, 0.1) is 5.82 Å². The van der Waals surface area contributed by atoms with E-state index in [1.54, 1.807) is 25.1 Å². The number of sulfonamides is 1. The SMILES string of the molecule is CC[C@@H](C(=O)Nc1cccc(SC)c1)N(c1ccc(F)c(Cl)c1)S(C)(=O)=O. The molecule has 0 aliphatic carbocycles. The van der Waals surface area contributed by atoms with Crippen LogP contribution < -0.4 is 9.62 Å². The van der Waals surface area contributed by atoms with E-state index in [2.05, 4.69) is 5.32 Å². The number of carbonyl (C=O) groups excluding carboxylic acids is 1. The van der Waals surface area contributed by atoms with Crippen LogP contribution in [-0.4, -0.2) is 32.9 Å². The summed E-state index contributed by atoms with van der Waals surface area (Å²) in [5.41, 5.74) is 0.694. The van der Waals surface area contributed by atoms with Crippen LogP contribution in [0.1, 0.15) is 13.3 Å². The second-order valence-corrected chi connectivity index (χ2v) is 8.95. The lowest BCUT2D eigenvalue weighted by molar-refractivity contribution is -0.117. The lowest BCUT2D eigenvalue weighted by Crippen LogP contribution is -2.47. The largest absolute Gasteiger partial charge is 0.324 e. The molecule has 1 atom stereocenters. The molecule has 0 radical (unpaired) electrons. The highest BCUT2D eigenvalue weighted by molar-refractivity contribution is 7.98. The van der Waals surface area contributed by atoms with E-state index < -0.39 is 27.8 Å². The Morgan fingerprint density at radius 1 is 1.30 bits per heavy atom. The van der Waals surface area contributed by atoms with Crippen molar-refractivity contribution in [3.8, 4) is 0 Å². The zero-order valence-corrected chi connectivity index (χ0v) is 17.5. The second-order valence-electron chi connectivity index (χ2n) is 5.80. The number of amides is 1. The molecule has 0 heterocycles. The normalized spacial score (nSPS) is 12.5. The van der Waals surface area contributed by atoms with Crippen LogP contribution in [0.2, 0.25) is 5.02 Å². The minimum Gasteiger partial charge on any atom is -0.324 e. The first-order valence-corrected chi connectivity index (χ1v) is 11.5. The van der Waals surface area contributed by atoms with Crippen molar-refractivity contribution in [2.24, 2.45) is 0 Å². The van der Waals surface area contributed by atoms with Crippen LogP contribution in [0.5, 0.6) is 0 Å². The van der Waals surface area contributed by atoms with Gasteiger partial charge in [0.25, 0.3) is 0 Å². The third-order valence-corrected chi connectivity index (χ3v) is 6.02. The van der Waals surface area contributed by atoms with Gasteiger partial charge in [-0.1, -0.05) is 24.6 Å². The Kier molecular flexibility index (Phi) is 7.13. The van der Waals surface area contributed by atoms with Crippen molar-refractivity contribution in [3.05, 3.63) is 53.3 Å². The predicted octanol–water partition coefficient (Wildman–Crippen LogP) is 4.38. The van der Waals surface area contributed by atoms with E-state index in [0.717, 1.165) is 21.5 Å². The lowest BCUT2D eigenvalue weighted by atomic mass is 10.1.